The fraction of sp³-hybridized carbons (Fsp3) is 0.389. The standard InChI is InChI=1S/C18H22N2/c1-13(2)15-8-6-14(7-9-15)12-19-18-11-10-16-4-3-5-17(16)20-18/h6-11,13H,3-5,12H2,1-2H3,(H,19,20). The summed E-state index contributed by atoms with van der Waals surface area (Å²) in [6.07, 6.45) is 3.58. The molecule has 1 aromatic carbocycles. The first-order chi connectivity index (χ1) is 9.72. The van der Waals surface area contributed by atoms with Crippen molar-refractivity contribution in [3.05, 3.63) is 58.8 Å². The van der Waals surface area contributed by atoms with Crippen molar-refractivity contribution in [2.75, 3.05) is 5.32 Å². The van der Waals surface area contributed by atoms with Gasteiger partial charge in [0.15, 0.2) is 0 Å². The van der Waals surface area contributed by atoms with E-state index in [2.05, 4.69) is 55.6 Å². The summed E-state index contributed by atoms with van der Waals surface area (Å²) < 4.78 is 0. The monoisotopic (exact) mass is 266 g/mol. The van der Waals surface area contributed by atoms with Crippen molar-refractivity contribution in [3.8, 4) is 0 Å². The first kappa shape index (κ1) is 13.2. The van der Waals surface area contributed by atoms with Crippen molar-refractivity contribution < 1.29 is 0 Å². The van der Waals surface area contributed by atoms with Crippen LogP contribution in [-0.2, 0) is 19.4 Å². The van der Waals surface area contributed by atoms with Gasteiger partial charge in [-0.2, -0.15) is 0 Å². The molecule has 1 aliphatic rings. The molecule has 0 unspecified atom stereocenters. The van der Waals surface area contributed by atoms with Crippen LogP contribution in [-0.4, -0.2) is 4.98 Å². The van der Waals surface area contributed by atoms with E-state index in [1.807, 2.05) is 0 Å². The second-order valence-electron chi connectivity index (χ2n) is 5.91. The fourth-order valence-corrected chi connectivity index (χ4v) is 2.73. The lowest BCUT2D eigenvalue weighted by Crippen LogP contribution is -2.03. The predicted octanol–water partition coefficient (Wildman–Crippen LogP) is 4.31. The minimum absolute atomic E-state index is 0.593. The highest BCUT2D eigenvalue weighted by Gasteiger charge is 2.12. The molecule has 0 aliphatic heterocycles. The highest BCUT2D eigenvalue weighted by atomic mass is 15.0. The summed E-state index contributed by atoms with van der Waals surface area (Å²) in [5.74, 6) is 1.59. The Balaban J connectivity index is 1.64. The largest absolute Gasteiger partial charge is 0.366 e. The van der Waals surface area contributed by atoms with Gasteiger partial charge in [0.1, 0.15) is 5.82 Å². The van der Waals surface area contributed by atoms with Crippen LogP contribution >= 0.6 is 0 Å². The average molecular weight is 266 g/mol. The van der Waals surface area contributed by atoms with Gasteiger partial charge in [0.05, 0.1) is 0 Å². The first-order valence-electron chi connectivity index (χ1n) is 7.54. The number of hydrogen-bond acceptors (Lipinski definition) is 2. The fourth-order valence-electron chi connectivity index (χ4n) is 2.73. The summed E-state index contributed by atoms with van der Waals surface area (Å²) in [7, 11) is 0. The Hall–Kier alpha value is -1.83. The second-order valence-corrected chi connectivity index (χ2v) is 5.91. The molecule has 0 saturated heterocycles. The van der Waals surface area contributed by atoms with E-state index in [1.54, 1.807) is 0 Å². The van der Waals surface area contributed by atoms with Crippen LogP contribution in [0.2, 0.25) is 0 Å². The normalized spacial score (nSPS) is 13.6. The van der Waals surface area contributed by atoms with Crippen molar-refractivity contribution in [3.63, 3.8) is 0 Å². The summed E-state index contributed by atoms with van der Waals surface area (Å²) in [6, 6.07) is 13.2. The zero-order chi connectivity index (χ0) is 13.9. The predicted molar refractivity (Wildman–Crippen MR) is 84.1 cm³/mol. The summed E-state index contributed by atoms with van der Waals surface area (Å²) in [6.45, 7) is 5.29. The van der Waals surface area contributed by atoms with Gasteiger partial charge >= 0.3 is 0 Å². The highest BCUT2D eigenvalue weighted by molar-refractivity contribution is 5.41. The van der Waals surface area contributed by atoms with Gasteiger partial charge in [-0.15, -0.1) is 0 Å². The van der Waals surface area contributed by atoms with Gasteiger partial charge in [0, 0.05) is 12.2 Å². The Morgan fingerprint density at radius 3 is 2.60 bits per heavy atom. The molecule has 20 heavy (non-hydrogen) atoms. The summed E-state index contributed by atoms with van der Waals surface area (Å²) >= 11 is 0. The molecule has 2 heteroatoms. The SMILES string of the molecule is CC(C)c1ccc(CNc2ccc3c(n2)CCC3)cc1. The van der Waals surface area contributed by atoms with E-state index in [1.165, 1.54) is 35.2 Å². The zero-order valence-electron chi connectivity index (χ0n) is 12.3. The molecule has 1 aliphatic carbocycles. The van der Waals surface area contributed by atoms with Crippen LogP contribution in [0.25, 0.3) is 0 Å². The van der Waals surface area contributed by atoms with Crippen molar-refractivity contribution in [2.24, 2.45) is 0 Å². The minimum atomic E-state index is 0.593. The van der Waals surface area contributed by atoms with Crippen LogP contribution in [0, 0.1) is 0 Å². The first-order valence-corrected chi connectivity index (χ1v) is 7.54. The molecule has 1 aromatic heterocycles. The smallest absolute Gasteiger partial charge is 0.126 e. The lowest BCUT2D eigenvalue weighted by molar-refractivity contribution is 0.865. The molecular weight excluding hydrogens is 244 g/mol. The number of aromatic nitrogens is 1. The van der Waals surface area contributed by atoms with Crippen molar-refractivity contribution >= 4 is 5.82 Å². The number of nitrogens with one attached hydrogen (secondary N) is 1. The van der Waals surface area contributed by atoms with E-state index < -0.39 is 0 Å². The second kappa shape index (κ2) is 5.66. The van der Waals surface area contributed by atoms with Gasteiger partial charge < -0.3 is 5.32 Å². The summed E-state index contributed by atoms with van der Waals surface area (Å²) in [5.41, 5.74) is 5.41. The van der Waals surface area contributed by atoms with Gasteiger partial charge in [-0.25, -0.2) is 4.98 Å². The third kappa shape index (κ3) is 2.84. The van der Waals surface area contributed by atoms with Crippen molar-refractivity contribution in [1.82, 2.24) is 4.98 Å². The number of benzene rings is 1. The molecule has 3 rings (SSSR count). The number of nitrogens with zero attached hydrogens (tertiary/aromatic N) is 1. The van der Waals surface area contributed by atoms with E-state index in [9.17, 15) is 0 Å². The van der Waals surface area contributed by atoms with Crippen LogP contribution in [0.5, 0.6) is 0 Å². The third-order valence-corrected chi connectivity index (χ3v) is 4.05. The summed E-state index contributed by atoms with van der Waals surface area (Å²) in [5, 5.41) is 3.43. The number of fused-ring (bicyclic) bond motifs is 1. The topological polar surface area (TPSA) is 24.9 Å². The Morgan fingerprint density at radius 1 is 1.05 bits per heavy atom. The van der Waals surface area contributed by atoms with Gasteiger partial charge in [-0.1, -0.05) is 44.2 Å². The van der Waals surface area contributed by atoms with Crippen molar-refractivity contribution in [2.45, 2.75) is 45.6 Å². The number of anilines is 1. The van der Waals surface area contributed by atoms with E-state index in [-0.39, 0.29) is 0 Å². The van der Waals surface area contributed by atoms with E-state index in [0.29, 0.717) is 5.92 Å². The Kier molecular flexibility index (Phi) is 3.72. The number of hydrogen-bond donors (Lipinski definition) is 1. The van der Waals surface area contributed by atoms with E-state index in [0.717, 1.165) is 18.8 Å². The molecule has 0 bridgehead atoms. The Labute approximate surface area is 121 Å². The number of aryl methyl sites for hydroxylation is 2. The third-order valence-electron chi connectivity index (χ3n) is 4.05. The lowest BCUT2D eigenvalue weighted by atomic mass is 10.0. The molecule has 0 amide bonds. The highest BCUT2D eigenvalue weighted by Crippen LogP contribution is 2.22. The average Bonchev–Trinajstić information content (AvgIpc) is 2.93. The van der Waals surface area contributed by atoms with E-state index >= 15 is 0 Å². The van der Waals surface area contributed by atoms with Gasteiger partial charge in [-0.05, 0) is 47.9 Å². The molecule has 0 spiro atoms. The van der Waals surface area contributed by atoms with Crippen LogP contribution in [0.4, 0.5) is 5.82 Å². The molecule has 2 aromatic rings. The van der Waals surface area contributed by atoms with Gasteiger partial charge in [0.2, 0.25) is 0 Å². The molecule has 2 nitrogen and oxygen atoms in total. The zero-order valence-corrected chi connectivity index (χ0v) is 12.3. The van der Waals surface area contributed by atoms with Crippen LogP contribution in [0.15, 0.2) is 36.4 Å². The van der Waals surface area contributed by atoms with Crippen LogP contribution < -0.4 is 5.32 Å². The molecule has 0 radical (unpaired) electrons. The maximum atomic E-state index is 4.70. The molecule has 104 valence electrons. The maximum absolute atomic E-state index is 4.70. The molecule has 0 saturated carbocycles. The van der Waals surface area contributed by atoms with Crippen molar-refractivity contribution in [1.29, 1.82) is 0 Å². The molecular formula is C18H22N2. The number of pyridine rings is 1. The maximum Gasteiger partial charge on any atom is 0.126 e. The van der Waals surface area contributed by atoms with Crippen LogP contribution in [0.3, 0.4) is 0 Å². The molecule has 1 N–H and O–H groups in total. The Morgan fingerprint density at radius 2 is 1.85 bits per heavy atom. The molecule has 1 heterocycles. The number of rotatable bonds is 4. The summed E-state index contributed by atoms with van der Waals surface area (Å²) in [4.78, 5) is 4.70. The van der Waals surface area contributed by atoms with E-state index in [4.69, 9.17) is 4.98 Å². The molecule has 0 fully saturated rings. The van der Waals surface area contributed by atoms with Crippen LogP contribution in [0.1, 0.15) is 48.6 Å². The molecule has 0 atom stereocenters. The lowest BCUT2D eigenvalue weighted by Gasteiger charge is -2.09. The van der Waals surface area contributed by atoms with Gasteiger partial charge in [-0.3, -0.25) is 0 Å². The van der Waals surface area contributed by atoms with Gasteiger partial charge in [0.25, 0.3) is 0 Å². The quantitative estimate of drug-likeness (QED) is 0.892. The minimum Gasteiger partial charge on any atom is -0.366 e. The Bertz CT molecular complexity index is 585.